The Morgan fingerprint density at radius 3 is 2.33 bits per heavy atom. The highest BCUT2D eigenvalue weighted by Gasteiger charge is 2.31. The first-order valence-corrected chi connectivity index (χ1v) is 10.9. The van der Waals surface area contributed by atoms with Crippen LogP contribution in [0.1, 0.15) is 11.1 Å². The summed E-state index contributed by atoms with van der Waals surface area (Å²) in [5.74, 6) is 1.46. The fourth-order valence-electron chi connectivity index (χ4n) is 3.64. The predicted molar refractivity (Wildman–Crippen MR) is 131 cm³/mol. The number of aliphatic carboxylic acids is 2. The Kier molecular flexibility index (Phi) is 7.27. The van der Waals surface area contributed by atoms with E-state index < -0.39 is 30.4 Å². The van der Waals surface area contributed by atoms with E-state index in [4.69, 9.17) is 0 Å². The van der Waals surface area contributed by atoms with Gasteiger partial charge in [0, 0.05) is 47.4 Å². The average Bonchev–Trinajstić information content (AvgIpc) is 2.89. The van der Waals surface area contributed by atoms with Crippen molar-refractivity contribution in [3.63, 3.8) is 0 Å². The third-order valence-corrected chi connectivity index (χ3v) is 5.41. The molecule has 0 fully saturated rings. The summed E-state index contributed by atoms with van der Waals surface area (Å²) in [7, 11) is 0. The van der Waals surface area contributed by atoms with Crippen LogP contribution in [0.15, 0.2) is 79.5 Å². The third kappa shape index (κ3) is 5.87. The van der Waals surface area contributed by atoms with Gasteiger partial charge in [0.05, 0.1) is 5.52 Å². The second-order valence-electron chi connectivity index (χ2n) is 7.88. The van der Waals surface area contributed by atoms with Crippen LogP contribution in [0.5, 0.6) is 0 Å². The van der Waals surface area contributed by atoms with E-state index in [-0.39, 0.29) is 6.42 Å². The van der Waals surface area contributed by atoms with Crippen molar-refractivity contribution in [1.29, 1.82) is 0 Å². The highest BCUT2D eigenvalue weighted by atomic mass is 16.4. The Morgan fingerprint density at radius 1 is 0.917 bits per heavy atom. The number of carbonyl (C=O) groups is 3. The van der Waals surface area contributed by atoms with E-state index in [9.17, 15) is 24.6 Å². The lowest BCUT2D eigenvalue weighted by molar-refractivity contribution is -0.152. The van der Waals surface area contributed by atoms with E-state index in [0.717, 1.165) is 26.9 Å². The van der Waals surface area contributed by atoms with Crippen LogP contribution in [0.3, 0.4) is 0 Å². The maximum atomic E-state index is 12.9. The largest absolute Gasteiger partial charge is 0.480 e. The fourth-order valence-corrected chi connectivity index (χ4v) is 3.64. The summed E-state index contributed by atoms with van der Waals surface area (Å²) < 4.78 is 0. The van der Waals surface area contributed by atoms with Gasteiger partial charge < -0.3 is 15.1 Å². The Morgan fingerprint density at radius 2 is 1.64 bits per heavy atom. The Hall–Kier alpha value is -5.10. The molecule has 0 spiro atoms. The summed E-state index contributed by atoms with van der Waals surface area (Å²) in [6, 6.07) is 14.7. The third-order valence-electron chi connectivity index (χ3n) is 5.41. The highest BCUT2D eigenvalue weighted by Crippen LogP contribution is 2.19. The van der Waals surface area contributed by atoms with Crippen LogP contribution in [-0.2, 0) is 20.8 Å². The molecule has 178 valence electrons. The van der Waals surface area contributed by atoms with Crippen molar-refractivity contribution in [1.82, 2.24) is 19.9 Å². The van der Waals surface area contributed by atoms with Gasteiger partial charge in [0.25, 0.3) is 5.91 Å². The van der Waals surface area contributed by atoms with Crippen molar-refractivity contribution in [3.05, 3.63) is 90.6 Å². The van der Waals surface area contributed by atoms with Crippen LogP contribution in [0, 0.1) is 11.8 Å². The number of fused-ring (bicyclic) bond motifs is 1. The molecule has 2 aromatic heterocycles. The maximum Gasteiger partial charge on any atom is 0.326 e. The molecule has 4 rings (SSSR count). The van der Waals surface area contributed by atoms with Gasteiger partial charge in [-0.05, 0) is 23.3 Å². The van der Waals surface area contributed by atoms with Crippen LogP contribution in [0.4, 0.5) is 0 Å². The van der Waals surface area contributed by atoms with Crippen molar-refractivity contribution in [2.24, 2.45) is 0 Å². The summed E-state index contributed by atoms with van der Waals surface area (Å²) in [4.78, 5) is 49.4. The normalized spacial score (nSPS) is 11.2. The zero-order valence-corrected chi connectivity index (χ0v) is 18.9. The van der Waals surface area contributed by atoms with Crippen molar-refractivity contribution in [2.75, 3.05) is 6.54 Å². The van der Waals surface area contributed by atoms with Gasteiger partial charge in [-0.25, -0.2) is 14.8 Å². The molecular weight excluding hydrogens is 460 g/mol. The number of amides is 1. The van der Waals surface area contributed by atoms with Gasteiger partial charge in [-0.15, -0.1) is 0 Å². The Balaban J connectivity index is 1.56. The van der Waals surface area contributed by atoms with Gasteiger partial charge in [-0.1, -0.05) is 48.4 Å². The number of aromatic nitrogens is 3. The lowest BCUT2D eigenvalue weighted by atomic mass is 10.0. The fraction of sp³-hybridized carbons (Fsp3) is 0.111. The second-order valence-corrected chi connectivity index (χ2v) is 7.88. The standard InChI is InChI=1S/C27H20N4O5/c32-25(10-7-19-11-21-3-1-2-4-23(21)30-13-19)31(16-26(33)34)24(27(35)36)12-18-5-8-20(9-6-18)22-14-28-17-29-15-22/h1-6,8-9,11,13-15,17,24H,12,16H2,(H,33,34)(H,35,36). The molecule has 0 aliphatic carbocycles. The van der Waals surface area contributed by atoms with Gasteiger partial charge in [0.2, 0.25) is 0 Å². The number of carboxylic acids is 2. The average molecular weight is 480 g/mol. The minimum atomic E-state index is -1.43. The lowest BCUT2D eigenvalue weighted by Crippen LogP contribution is -2.48. The number of rotatable bonds is 7. The summed E-state index contributed by atoms with van der Waals surface area (Å²) in [5, 5.41) is 20.0. The van der Waals surface area contributed by atoms with E-state index >= 15 is 0 Å². The first-order valence-electron chi connectivity index (χ1n) is 10.9. The molecule has 0 saturated heterocycles. The lowest BCUT2D eigenvalue weighted by Gasteiger charge is -2.25. The van der Waals surface area contributed by atoms with Gasteiger partial charge in [-0.2, -0.15) is 0 Å². The number of hydrogen-bond donors (Lipinski definition) is 2. The molecule has 1 atom stereocenters. The quantitative estimate of drug-likeness (QED) is 0.386. The molecule has 9 heteroatoms. The van der Waals surface area contributed by atoms with E-state index in [0.29, 0.717) is 11.1 Å². The van der Waals surface area contributed by atoms with Crippen molar-refractivity contribution >= 4 is 28.7 Å². The van der Waals surface area contributed by atoms with Crippen LogP contribution in [0.25, 0.3) is 22.0 Å². The predicted octanol–water partition coefficient (Wildman–Crippen LogP) is 2.65. The highest BCUT2D eigenvalue weighted by molar-refractivity contribution is 5.98. The molecule has 0 aliphatic rings. The minimum Gasteiger partial charge on any atom is -0.480 e. The zero-order chi connectivity index (χ0) is 25.5. The van der Waals surface area contributed by atoms with Crippen LogP contribution < -0.4 is 0 Å². The summed E-state index contributed by atoms with van der Waals surface area (Å²) >= 11 is 0. The van der Waals surface area contributed by atoms with E-state index in [1.54, 1.807) is 42.7 Å². The van der Waals surface area contributed by atoms with Crippen LogP contribution in [0.2, 0.25) is 0 Å². The van der Waals surface area contributed by atoms with Crippen molar-refractivity contribution in [2.45, 2.75) is 12.5 Å². The SMILES string of the molecule is O=C(O)CN(C(=O)C#Cc1cnc2ccccc2c1)C(Cc1ccc(-c2cncnc2)cc1)C(=O)O. The summed E-state index contributed by atoms with van der Waals surface area (Å²) in [6.45, 7) is -0.806. The molecule has 2 aromatic carbocycles. The maximum absolute atomic E-state index is 12.9. The molecular formula is C27H20N4O5. The minimum absolute atomic E-state index is 0.0981. The van der Waals surface area contributed by atoms with E-state index in [1.165, 1.54) is 12.5 Å². The molecule has 1 unspecified atom stereocenters. The van der Waals surface area contributed by atoms with E-state index in [2.05, 4.69) is 26.8 Å². The number of pyridine rings is 1. The zero-order valence-electron chi connectivity index (χ0n) is 18.9. The topological polar surface area (TPSA) is 134 Å². The molecule has 0 bridgehead atoms. The molecule has 36 heavy (non-hydrogen) atoms. The van der Waals surface area contributed by atoms with E-state index in [1.807, 2.05) is 24.3 Å². The molecule has 2 N–H and O–H groups in total. The monoisotopic (exact) mass is 480 g/mol. The number of carboxylic acid groups (broad SMARTS) is 2. The summed E-state index contributed by atoms with van der Waals surface area (Å²) in [6.07, 6.45) is 6.12. The first kappa shape index (κ1) is 24.0. The van der Waals surface area contributed by atoms with Crippen LogP contribution in [-0.4, -0.2) is 60.5 Å². The van der Waals surface area contributed by atoms with Crippen LogP contribution >= 0.6 is 0 Å². The number of carbonyl (C=O) groups excluding carboxylic acids is 1. The molecule has 1 amide bonds. The molecule has 4 aromatic rings. The molecule has 0 radical (unpaired) electrons. The Labute approximate surface area is 206 Å². The molecule has 0 aliphatic heterocycles. The number of nitrogens with zero attached hydrogens (tertiary/aromatic N) is 4. The number of hydrogen-bond acceptors (Lipinski definition) is 6. The van der Waals surface area contributed by atoms with Crippen molar-refractivity contribution < 1.29 is 24.6 Å². The Bertz CT molecular complexity index is 1480. The van der Waals surface area contributed by atoms with Gasteiger partial charge in [0.15, 0.2) is 0 Å². The number of benzene rings is 2. The van der Waals surface area contributed by atoms with Gasteiger partial charge in [-0.3, -0.25) is 14.6 Å². The second kappa shape index (κ2) is 10.9. The van der Waals surface area contributed by atoms with Gasteiger partial charge in [0.1, 0.15) is 18.9 Å². The molecule has 2 heterocycles. The first-order chi connectivity index (χ1) is 17.4. The van der Waals surface area contributed by atoms with Gasteiger partial charge >= 0.3 is 11.9 Å². The molecule has 0 saturated carbocycles. The summed E-state index contributed by atoms with van der Waals surface area (Å²) in [5.41, 5.74) is 3.45. The number of para-hydroxylation sites is 1. The smallest absolute Gasteiger partial charge is 0.326 e. The molecule has 9 nitrogen and oxygen atoms in total. The van der Waals surface area contributed by atoms with Crippen molar-refractivity contribution in [3.8, 4) is 23.0 Å².